The average molecular weight is 294 g/mol. The SMILES string of the molecule is O=C1OCCC1(C(=O)c1ccccc1)C(=O)c1ccccc1. The summed E-state index contributed by atoms with van der Waals surface area (Å²) in [7, 11) is 0. The summed E-state index contributed by atoms with van der Waals surface area (Å²) < 4.78 is 4.97. The molecular formula is C18H14O4. The van der Waals surface area contributed by atoms with Gasteiger partial charge in [0.15, 0.2) is 17.0 Å². The number of hydrogen-bond acceptors (Lipinski definition) is 4. The first-order valence-corrected chi connectivity index (χ1v) is 7.03. The number of ketones is 2. The lowest BCUT2D eigenvalue weighted by Crippen LogP contribution is -2.43. The zero-order valence-corrected chi connectivity index (χ0v) is 11.8. The van der Waals surface area contributed by atoms with Crippen molar-refractivity contribution in [1.82, 2.24) is 0 Å². The first-order chi connectivity index (χ1) is 10.7. The molecule has 2 aromatic rings. The highest BCUT2D eigenvalue weighted by Crippen LogP contribution is 2.37. The van der Waals surface area contributed by atoms with E-state index in [-0.39, 0.29) is 13.0 Å². The van der Waals surface area contributed by atoms with E-state index >= 15 is 0 Å². The lowest BCUT2D eigenvalue weighted by atomic mass is 9.73. The molecule has 2 aromatic carbocycles. The highest BCUT2D eigenvalue weighted by molar-refractivity contribution is 6.31. The highest BCUT2D eigenvalue weighted by Gasteiger charge is 2.57. The van der Waals surface area contributed by atoms with Crippen LogP contribution in [0.5, 0.6) is 0 Å². The van der Waals surface area contributed by atoms with E-state index in [4.69, 9.17) is 4.74 Å². The van der Waals surface area contributed by atoms with E-state index in [2.05, 4.69) is 0 Å². The van der Waals surface area contributed by atoms with Gasteiger partial charge in [-0.15, -0.1) is 0 Å². The normalized spacial score (nSPS) is 16.1. The molecule has 0 saturated carbocycles. The van der Waals surface area contributed by atoms with Gasteiger partial charge >= 0.3 is 5.97 Å². The van der Waals surface area contributed by atoms with E-state index in [0.29, 0.717) is 11.1 Å². The van der Waals surface area contributed by atoms with Crippen LogP contribution in [-0.2, 0) is 9.53 Å². The Bertz CT molecular complexity index is 668. The van der Waals surface area contributed by atoms with Crippen LogP contribution in [0.25, 0.3) is 0 Å². The quantitative estimate of drug-likeness (QED) is 0.494. The first-order valence-electron chi connectivity index (χ1n) is 7.03. The van der Waals surface area contributed by atoms with Crippen LogP contribution in [0.2, 0.25) is 0 Å². The summed E-state index contributed by atoms with van der Waals surface area (Å²) in [6.45, 7) is 0.0793. The van der Waals surface area contributed by atoms with Gasteiger partial charge in [-0.1, -0.05) is 60.7 Å². The third-order valence-corrected chi connectivity index (χ3v) is 3.91. The summed E-state index contributed by atoms with van der Waals surface area (Å²) in [5.41, 5.74) is -1.08. The van der Waals surface area contributed by atoms with Crippen LogP contribution in [0.4, 0.5) is 0 Å². The molecule has 0 N–H and O–H groups in total. The molecule has 1 aliphatic rings. The number of rotatable bonds is 4. The van der Waals surface area contributed by atoms with Crippen molar-refractivity contribution in [2.24, 2.45) is 5.41 Å². The Kier molecular flexibility index (Phi) is 3.59. The molecule has 110 valence electrons. The summed E-state index contributed by atoms with van der Waals surface area (Å²) in [6, 6.07) is 16.8. The number of esters is 1. The molecule has 0 amide bonds. The van der Waals surface area contributed by atoms with E-state index in [0.717, 1.165) is 0 Å². The van der Waals surface area contributed by atoms with Crippen molar-refractivity contribution in [2.75, 3.05) is 6.61 Å². The van der Waals surface area contributed by atoms with Gasteiger partial charge in [-0.3, -0.25) is 14.4 Å². The molecule has 1 heterocycles. The van der Waals surface area contributed by atoms with E-state index in [1.807, 2.05) is 0 Å². The molecule has 3 rings (SSSR count). The number of ether oxygens (including phenoxy) is 1. The minimum absolute atomic E-state index is 0.0767. The second-order valence-electron chi connectivity index (χ2n) is 5.18. The maximum atomic E-state index is 12.9. The number of benzene rings is 2. The number of cyclic esters (lactones) is 1. The fourth-order valence-electron chi connectivity index (χ4n) is 2.71. The van der Waals surface area contributed by atoms with E-state index in [1.54, 1.807) is 60.7 Å². The van der Waals surface area contributed by atoms with Gasteiger partial charge in [0.2, 0.25) is 0 Å². The smallest absolute Gasteiger partial charge is 0.328 e. The van der Waals surface area contributed by atoms with Crippen molar-refractivity contribution in [2.45, 2.75) is 6.42 Å². The topological polar surface area (TPSA) is 60.4 Å². The number of carbonyl (C=O) groups excluding carboxylic acids is 3. The second-order valence-corrected chi connectivity index (χ2v) is 5.18. The molecule has 1 fully saturated rings. The van der Waals surface area contributed by atoms with Crippen molar-refractivity contribution in [3.63, 3.8) is 0 Å². The fraction of sp³-hybridized carbons (Fsp3) is 0.167. The van der Waals surface area contributed by atoms with Crippen LogP contribution in [0.1, 0.15) is 27.1 Å². The molecule has 0 aliphatic carbocycles. The summed E-state index contributed by atoms with van der Waals surface area (Å²) in [5.74, 6) is -1.75. The predicted molar refractivity (Wildman–Crippen MR) is 79.6 cm³/mol. The summed E-state index contributed by atoms with van der Waals surface area (Å²) >= 11 is 0. The Balaban J connectivity index is 2.09. The van der Waals surface area contributed by atoms with Gasteiger partial charge in [0.1, 0.15) is 0 Å². The standard InChI is InChI=1S/C18H14O4/c19-15(13-7-3-1-4-8-13)18(11-12-22-17(18)21)16(20)14-9-5-2-6-10-14/h1-10H,11-12H2. The molecule has 1 saturated heterocycles. The van der Waals surface area contributed by atoms with Crippen LogP contribution in [0, 0.1) is 5.41 Å². The van der Waals surface area contributed by atoms with Gasteiger partial charge in [-0.05, 0) is 0 Å². The molecule has 1 aliphatic heterocycles. The average Bonchev–Trinajstić information content (AvgIpc) is 2.97. The molecule has 0 bridgehead atoms. The third-order valence-electron chi connectivity index (χ3n) is 3.91. The molecule has 0 aromatic heterocycles. The number of carbonyl (C=O) groups is 3. The van der Waals surface area contributed by atoms with Crippen LogP contribution in [0.3, 0.4) is 0 Å². The summed E-state index contributed by atoms with van der Waals surface area (Å²) in [5, 5.41) is 0. The largest absolute Gasteiger partial charge is 0.465 e. The van der Waals surface area contributed by atoms with Crippen LogP contribution in [0.15, 0.2) is 60.7 Å². The number of Topliss-reactive ketones (excluding diaryl/α,β-unsaturated/α-hetero) is 2. The number of hydrogen-bond donors (Lipinski definition) is 0. The lowest BCUT2D eigenvalue weighted by Gasteiger charge is -2.21. The zero-order chi connectivity index (χ0) is 15.6. The molecule has 4 heteroatoms. The van der Waals surface area contributed by atoms with Crippen molar-refractivity contribution in [1.29, 1.82) is 0 Å². The van der Waals surface area contributed by atoms with Gasteiger partial charge in [-0.25, -0.2) is 0 Å². The minimum atomic E-state index is -1.76. The molecule has 22 heavy (non-hydrogen) atoms. The van der Waals surface area contributed by atoms with Gasteiger partial charge in [0, 0.05) is 17.5 Å². The lowest BCUT2D eigenvalue weighted by molar-refractivity contribution is -0.142. The summed E-state index contributed by atoms with van der Waals surface area (Å²) in [6.07, 6.45) is 0.0767. The monoisotopic (exact) mass is 294 g/mol. The van der Waals surface area contributed by atoms with E-state index in [1.165, 1.54) is 0 Å². The molecule has 0 radical (unpaired) electrons. The van der Waals surface area contributed by atoms with Crippen LogP contribution in [-0.4, -0.2) is 24.1 Å². The molecule has 0 atom stereocenters. The van der Waals surface area contributed by atoms with E-state index < -0.39 is 23.0 Å². The van der Waals surface area contributed by atoms with E-state index in [9.17, 15) is 14.4 Å². The minimum Gasteiger partial charge on any atom is -0.465 e. The van der Waals surface area contributed by atoms with Crippen molar-refractivity contribution < 1.29 is 19.1 Å². The van der Waals surface area contributed by atoms with Crippen LogP contribution >= 0.6 is 0 Å². The summed E-state index contributed by atoms with van der Waals surface area (Å²) in [4.78, 5) is 38.0. The molecule has 4 nitrogen and oxygen atoms in total. The van der Waals surface area contributed by atoms with Gasteiger partial charge in [0.25, 0.3) is 0 Å². The maximum absolute atomic E-state index is 12.9. The Morgan fingerprint density at radius 3 is 1.64 bits per heavy atom. The zero-order valence-electron chi connectivity index (χ0n) is 11.8. The van der Waals surface area contributed by atoms with Crippen molar-refractivity contribution in [3.8, 4) is 0 Å². The first kappa shape index (κ1) is 14.2. The predicted octanol–water partition coefficient (Wildman–Crippen LogP) is 2.69. The Labute approximate surface area is 127 Å². The molecule has 0 unspecified atom stereocenters. The Hall–Kier alpha value is -2.75. The Morgan fingerprint density at radius 2 is 1.27 bits per heavy atom. The second kappa shape index (κ2) is 5.56. The van der Waals surface area contributed by atoms with Crippen molar-refractivity contribution in [3.05, 3.63) is 71.8 Å². The van der Waals surface area contributed by atoms with Crippen molar-refractivity contribution >= 4 is 17.5 Å². The van der Waals surface area contributed by atoms with Gasteiger partial charge < -0.3 is 4.74 Å². The fourth-order valence-corrected chi connectivity index (χ4v) is 2.71. The highest BCUT2D eigenvalue weighted by atomic mass is 16.5. The van der Waals surface area contributed by atoms with Crippen LogP contribution < -0.4 is 0 Å². The van der Waals surface area contributed by atoms with Gasteiger partial charge in [0.05, 0.1) is 6.61 Å². The molecular weight excluding hydrogens is 280 g/mol. The molecule has 0 spiro atoms. The Morgan fingerprint density at radius 1 is 0.818 bits per heavy atom. The van der Waals surface area contributed by atoms with Gasteiger partial charge in [-0.2, -0.15) is 0 Å². The third kappa shape index (κ3) is 2.13. The maximum Gasteiger partial charge on any atom is 0.328 e.